The van der Waals surface area contributed by atoms with E-state index in [2.05, 4.69) is 11.1 Å². The molecular formula is C17H18FN3OS. The van der Waals surface area contributed by atoms with Crippen molar-refractivity contribution in [2.45, 2.75) is 32.2 Å². The number of amides is 1. The van der Waals surface area contributed by atoms with Gasteiger partial charge in [-0.15, -0.1) is 11.3 Å². The van der Waals surface area contributed by atoms with Crippen LogP contribution in [0, 0.1) is 17.1 Å². The molecule has 1 aromatic heterocycles. The van der Waals surface area contributed by atoms with Crippen LogP contribution in [0.3, 0.4) is 0 Å². The number of aromatic nitrogens is 1. The van der Waals surface area contributed by atoms with Gasteiger partial charge in [0.15, 0.2) is 0 Å². The van der Waals surface area contributed by atoms with Crippen LogP contribution in [0.15, 0.2) is 29.6 Å². The van der Waals surface area contributed by atoms with E-state index in [-0.39, 0.29) is 24.2 Å². The molecule has 2 aromatic rings. The summed E-state index contributed by atoms with van der Waals surface area (Å²) in [5.74, 6) is -0.305. The molecule has 0 fully saturated rings. The van der Waals surface area contributed by atoms with Crippen LogP contribution < -0.4 is 0 Å². The van der Waals surface area contributed by atoms with E-state index in [1.165, 1.54) is 23.5 Å². The second-order valence-corrected chi connectivity index (χ2v) is 6.37. The Morgan fingerprint density at radius 1 is 1.43 bits per heavy atom. The van der Waals surface area contributed by atoms with Crippen LogP contribution in [-0.4, -0.2) is 28.9 Å². The van der Waals surface area contributed by atoms with Crippen molar-refractivity contribution >= 4 is 17.2 Å². The number of halogens is 1. The number of carbonyl (C=O) groups excluding carboxylic acids is 1. The molecule has 0 saturated heterocycles. The van der Waals surface area contributed by atoms with Crippen molar-refractivity contribution in [3.63, 3.8) is 0 Å². The van der Waals surface area contributed by atoms with E-state index >= 15 is 0 Å². The fourth-order valence-electron chi connectivity index (χ4n) is 2.08. The molecule has 6 heteroatoms. The van der Waals surface area contributed by atoms with E-state index in [0.717, 1.165) is 16.3 Å². The van der Waals surface area contributed by atoms with Crippen molar-refractivity contribution in [1.29, 1.82) is 5.26 Å². The van der Waals surface area contributed by atoms with Crippen LogP contribution in [0.1, 0.15) is 29.6 Å². The molecule has 0 radical (unpaired) electrons. The van der Waals surface area contributed by atoms with Crippen LogP contribution in [0.2, 0.25) is 0 Å². The Morgan fingerprint density at radius 3 is 2.78 bits per heavy atom. The number of rotatable bonds is 6. The van der Waals surface area contributed by atoms with Crippen molar-refractivity contribution in [1.82, 2.24) is 9.88 Å². The minimum absolute atomic E-state index is 0.0496. The van der Waals surface area contributed by atoms with Gasteiger partial charge in [-0.05, 0) is 24.6 Å². The molecule has 2 rings (SSSR count). The van der Waals surface area contributed by atoms with Crippen LogP contribution >= 0.6 is 11.3 Å². The highest BCUT2D eigenvalue weighted by molar-refractivity contribution is 7.09. The topological polar surface area (TPSA) is 57.0 Å². The molecule has 0 N–H and O–H groups in total. The summed E-state index contributed by atoms with van der Waals surface area (Å²) >= 11 is 1.49. The third-order valence-corrected chi connectivity index (χ3v) is 4.54. The van der Waals surface area contributed by atoms with Crippen molar-refractivity contribution in [2.24, 2.45) is 0 Å². The smallest absolute Gasteiger partial charge is 0.228 e. The highest BCUT2D eigenvalue weighted by Gasteiger charge is 2.17. The van der Waals surface area contributed by atoms with Crippen LogP contribution in [0.25, 0.3) is 0 Å². The summed E-state index contributed by atoms with van der Waals surface area (Å²) in [6.45, 7) is 1.85. The standard InChI is InChI=1S/C17H18FN3OS/c1-12(7-8-19)21(2)17(22)10-15-11-23-16(20-15)9-13-3-5-14(18)6-4-13/h3-6,11-12H,7,9-10H2,1-2H3. The van der Waals surface area contributed by atoms with E-state index in [0.29, 0.717) is 12.8 Å². The summed E-state index contributed by atoms with van der Waals surface area (Å²) in [5, 5.41) is 11.5. The molecule has 0 aliphatic rings. The average Bonchev–Trinajstić information content (AvgIpc) is 2.96. The van der Waals surface area contributed by atoms with Gasteiger partial charge in [-0.2, -0.15) is 5.26 Å². The van der Waals surface area contributed by atoms with Crippen molar-refractivity contribution in [3.05, 3.63) is 51.7 Å². The van der Waals surface area contributed by atoms with Crippen molar-refractivity contribution in [3.8, 4) is 6.07 Å². The van der Waals surface area contributed by atoms with E-state index in [1.54, 1.807) is 24.1 Å². The van der Waals surface area contributed by atoms with Gasteiger partial charge in [0.25, 0.3) is 0 Å². The highest BCUT2D eigenvalue weighted by atomic mass is 32.1. The maximum absolute atomic E-state index is 12.9. The molecule has 0 spiro atoms. The van der Waals surface area contributed by atoms with Gasteiger partial charge < -0.3 is 4.90 Å². The maximum Gasteiger partial charge on any atom is 0.228 e. The van der Waals surface area contributed by atoms with Crippen molar-refractivity contribution < 1.29 is 9.18 Å². The van der Waals surface area contributed by atoms with Crippen molar-refractivity contribution in [2.75, 3.05) is 7.05 Å². The molecule has 1 aromatic carbocycles. The molecule has 1 unspecified atom stereocenters. The molecule has 0 saturated carbocycles. The van der Waals surface area contributed by atoms with E-state index < -0.39 is 0 Å². The van der Waals surface area contributed by atoms with Gasteiger partial charge in [0.2, 0.25) is 5.91 Å². The fourth-order valence-corrected chi connectivity index (χ4v) is 2.91. The van der Waals surface area contributed by atoms with E-state index in [9.17, 15) is 9.18 Å². The van der Waals surface area contributed by atoms with Gasteiger partial charge in [-0.1, -0.05) is 12.1 Å². The average molecular weight is 331 g/mol. The zero-order chi connectivity index (χ0) is 16.8. The number of nitrogens with zero attached hydrogens (tertiary/aromatic N) is 3. The lowest BCUT2D eigenvalue weighted by Gasteiger charge is -2.22. The van der Waals surface area contributed by atoms with Gasteiger partial charge in [-0.25, -0.2) is 9.37 Å². The number of benzene rings is 1. The molecular weight excluding hydrogens is 313 g/mol. The molecule has 23 heavy (non-hydrogen) atoms. The Kier molecular flexibility index (Phi) is 5.83. The zero-order valence-electron chi connectivity index (χ0n) is 13.1. The molecule has 120 valence electrons. The van der Waals surface area contributed by atoms with E-state index in [1.807, 2.05) is 12.3 Å². The summed E-state index contributed by atoms with van der Waals surface area (Å²) in [7, 11) is 1.70. The predicted octanol–water partition coefficient (Wildman–Crippen LogP) is 3.18. The normalized spacial score (nSPS) is 11.7. The first-order valence-corrected chi connectivity index (χ1v) is 8.18. The van der Waals surface area contributed by atoms with Gasteiger partial charge in [0.1, 0.15) is 5.82 Å². The second-order valence-electron chi connectivity index (χ2n) is 5.43. The largest absolute Gasteiger partial charge is 0.342 e. The Hall–Kier alpha value is -2.26. The Morgan fingerprint density at radius 2 is 2.13 bits per heavy atom. The molecule has 0 aliphatic carbocycles. The third kappa shape index (κ3) is 4.86. The molecule has 4 nitrogen and oxygen atoms in total. The first-order chi connectivity index (χ1) is 11.0. The summed E-state index contributed by atoms with van der Waals surface area (Å²) in [4.78, 5) is 18.2. The quantitative estimate of drug-likeness (QED) is 0.817. The lowest BCUT2D eigenvalue weighted by atomic mass is 10.1. The number of thiazole rings is 1. The highest BCUT2D eigenvalue weighted by Crippen LogP contribution is 2.16. The minimum atomic E-state index is -0.256. The monoisotopic (exact) mass is 331 g/mol. The second kappa shape index (κ2) is 7.84. The first kappa shape index (κ1) is 17.1. The SMILES string of the molecule is CC(CC#N)N(C)C(=O)Cc1csc(Cc2ccc(F)cc2)n1. The molecule has 0 aliphatic heterocycles. The minimum Gasteiger partial charge on any atom is -0.342 e. The number of nitriles is 1. The predicted molar refractivity (Wildman–Crippen MR) is 87.5 cm³/mol. The van der Waals surface area contributed by atoms with E-state index in [4.69, 9.17) is 5.26 Å². The maximum atomic E-state index is 12.9. The molecule has 0 bridgehead atoms. The van der Waals surface area contributed by atoms with Crippen LogP contribution in [0.4, 0.5) is 4.39 Å². The molecule has 1 heterocycles. The van der Waals surface area contributed by atoms with Gasteiger partial charge in [0.05, 0.1) is 29.6 Å². The van der Waals surface area contributed by atoms with Crippen LogP contribution in [-0.2, 0) is 17.6 Å². The van der Waals surface area contributed by atoms with Gasteiger partial charge in [0, 0.05) is 24.9 Å². The fraction of sp³-hybridized carbons (Fsp3) is 0.353. The molecule has 1 amide bonds. The summed E-state index contributed by atoms with van der Waals surface area (Å²) < 4.78 is 12.9. The Labute approximate surface area is 139 Å². The third-order valence-electron chi connectivity index (χ3n) is 3.64. The summed E-state index contributed by atoms with van der Waals surface area (Å²) in [6.07, 6.45) is 1.17. The first-order valence-electron chi connectivity index (χ1n) is 7.30. The van der Waals surface area contributed by atoms with Gasteiger partial charge in [-0.3, -0.25) is 4.79 Å². The van der Waals surface area contributed by atoms with Gasteiger partial charge >= 0.3 is 0 Å². The number of carbonyl (C=O) groups is 1. The lowest BCUT2D eigenvalue weighted by molar-refractivity contribution is -0.130. The Balaban J connectivity index is 1.95. The number of hydrogen-bond donors (Lipinski definition) is 0. The summed E-state index contributed by atoms with van der Waals surface area (Å²) in [5.41, 5.74) is 1.71. The van der Waals surface area contributed by atoms with Crippen LogP contribution in [0.5, 0.6) is 0 Å². The number of likely N-dealkylation sites (N-methyl/N-ethyl adjacent to an activating group) is 1. The zero-order valence-corrected chi connectivity index (χ0v) is 13.9. The Bertz CT molecular complexity index is 705. The molecule has 1 atom stereocenters. The lowest BCUT2D eigenvalue weighted by Crippen LogP contribution is -2.35. The number of hydrogen-bond acceptors (Lipinski definition) is 4. The summed E-state index contributed by atoms with van der Waals surface area (Å²) in [6, 6.07) is 8.29.